The number of nitrogens with zero attached hydrogens (tertiary/aromatic N) is 4. The number of nitrogens with one attached hydrogen (secondary N) is 1. The number of carboxylic acid groups (broad SMARTS) is 1. The van der Waals surface area contributed by atoms with Crippen LogP contribution in [-0.4, -0.2) is 52.7 Å². The van der Waals surface area contributed by atoms with Crippen LogP contribution in [-0.2, 0) is 10.0 Å². The van der Waals surface area contributed by atoms with Crippen LogP contribution in [0.2, 0.25) is 0 Å². The number of aryl methyl sites for hydroxylation is 1. The molecule has 0 unspecified atom stereocenters. The molecule has 1 aliphatic heterocycles. The molecule has 2 N–H and O–H groups in total. The third-order valence-electron chi connectivity index (χ3n) is 7.23. The molecule has 1 amide bonds. The first-order valence-electron chi connectivity index (χ1n) is 12.7. The van der Waals surface area contributed by atoms with E-state index in [0.717, 1.165) is 58.1 Å². The van der Waals surface area contributed by atoms with Crippen molar-refractivity contribution < 1.29 is 18.3 Å². The molecule has 0 aliphatic carbocycles. The molecule has 5 aromatic rings. The molecular weight excluding hydrogens is 514 g/mol. The third kappa shape index (κ3) is 4.57. The number of hydrogen-bond donors (Lipinski definition) is 2. The first-order chi connectivity index (χ1) is 18.8. The van der Waals surface area contributed by atoms with Crippen molar-refractivity contribution in [2.45, 2.75) is 30.7 Å². The highest BCUT2D eigenvalue weighted by Gasteiger charge is 2.25. The van der Waals surface area contributed by atoms with Gasteiger partial charge in [0.25, 0.3) is 10.0 Å². The molecule has 0 spiro atoms. The van der Waals surface area contributed by atoms with Crippen molar-refractivity contribution in [1.29, 1.82) is 0 Å². The largest absolute Gasteiger partial charge is 0.465 e. The standard InChI is InChI=1S/C29H27N5O4S/c1-19-6-9-22(10-7-19)39(37,38)34-18-25(23-5-2-13-31-28(23)34)20-8-11-26-24(16-20)27(12-14-30-26)33-15-3-4-21(17-33)32-29(35)36/h2,5-14,16,18,21,32H,3-4,15,17H2,1H3,(H,35,36)/t21-/m0/s1. The summed E-state index contributed by atoms with van der Waals surface area (Å²) in [6.45, 7) is 3.28. The Bertz CT molecular complexity index is 1820. The molecule has 10 heteroatoms. The maximum Gasteiger partial charge on any atom is 0.404 e. The van der Waals surface area contributed by atoms with Gasteiger partial charge in [-0.2, -0.15) is 0 Å². The molecule has 6 rings (SSSR count). The predicted octanol–water partition coefficient (Wildman–Crippen LogP) is 5.03. The quantitative estimate of drug-likeness (QED) is 0.320. The Balaban J connectivity index is 1.46. The van der Waals surface area contributed by atoms with Gasteiger partial charge >= 0.3 is 6.09 Å². The number of pyridine rings is 2. The minimum Gasteiger partial charge on any atom is -0.465 e. The summed E-state index contributed by atoms with van der Waals surface area (Å²) in [6.07, 6.45) is 5.62. The van der Waals surface area contributed by atoms with Gasteiger partial charge < -0.3 is 15.3 Å². The van der Waals surface area contributed by atoms with Crippen LogP contribution in [0.3, 0.4) is 0 Å². The molecule has 39 heavy (non-hydrogen) atoms. The second kappa shape index (κ2) is 9.70. The van der Waals surface area contributed by atoms with E-state index in [1.54, 1.807) is 48.9 Å². The van der Waals surface area contributed by atoms with Crippen molar-refractivity contribution >= 4 is 43.7 Å². The zero-order valence-corrected chi connectivity index (χ0v) is 22.1. The van der Waals surface area contributed by atoms with E-state index in [0.29, 0.717) is 12.2 Å². The average molecular weight is 542 g/mol. The van der Waals surface area contributed by atoms with Gasteiger partial charge in [-0.25, -0.2) is 22.2 Å². The molecule has 4 heterocycles. The maximum absolute atomic E-state index is 13.6. The van der Waals surface area contributed by atoms with E-state index in [2.05, 4.69) is 20.2 Å². The van der Waals surface area contributed by atoms with E-state index >= 15 is 0 Å². The van der Waals surface area contributed by atoms with Gasteiger partial charge in [-0.1, -0.05) is 23.8 Å². The van der Waals surface area contributed by atoms with Crippen LogP contribution in [0.4, 0.5) is 10.5 Å². The monoisotopic (exact) mass is 541 g/mol. The van der Waals surface area contributed by atoms with Crippen molar-refractivity contribution in [1.82, 2.24) is 19.3 Å². The molecule has 198 valence electrons. The Hall–Kier alpha value is -4.44. The fourth-order valence-corrected chi connectivity index (χ4v) is 6.66. The van der Waals surface area contributed by atoms with Gasteiger partial charge in [0.1, 0.15) is 0 Å². The predicted molar refractivity (Wildman–Crippen MR) is 151 cm³/mol. The van der Waals surface area contributed by atoms with Gasteiger partial charge in [-0.05, 0) is 67.8 Å². The van der Waals surface area contributed by atoms with Gasteiger partial charge in [0.2, 0.25) is 0 Å². The van der Waals surface area contributed by atoms with Gasteiger partial charge in [-0.15, -0.1) is 0 Å². The summed E-state index contributed by atoms with van der Waals surface area (Å²) in [7, 11) is -3.87. The lowest BCUT2D eigenvalue weighted by molar-refractivity contribution is 0.188. The molecule has 0 radical (unpaired) electrons. The number of anilines is 1. The molecule has 1 aliphatic rings. The number of hydrogen-bond acceptors (Lipinski definition) is 6. The second-order valence-corrected chi connectivity index (χ2v) is 11.6. The van der Waals surface area contributed by atoms with Crippen LogP contribution in [0.5, 0.6) is 0 Å². The number of piperidine rings is 1. The number of amides is 1. The first-order valence-corrected chi connectivity index (χ1v) is 14.2. The van der Waals surface area contributed by atoms with Gasteiger partial charge in [-0.3, -0.25) is 4.98 Å². The molecular formula is C29H27N5O4S. The first kappa shape index (κ1) is 24.9. The molecule has 1 fully saturated rings. The van der Waals surface area contributed by atoms with Crippen LogP contribution in [0, 0.1) is 6.92 Å². The SMILES string of the molecule is Cc1ccc(S(=O)(=O)n2cc(-c3ccc4nccc(N5CCC[C@H](NC(=O)O)C5)c4c3)c3cccnc32)cc1. The summed E-state index contributed by atoms with van der Waals surface area (Å²) >= 11 is 0. The fourth-order valence-electron chi connectivity index (χ4n) is 5.33. The third-order valence-corrected chi connectivity index (χ3v) is 8.89. The van der Waals surface area contributed by atoms with Crippen molar-refractivity contribution in [3.63, 3.8) is 0 Å². The highest BCUT2D eigenvalue weighted by atomic mass is 32.2. The van der Waals surface area contributed by atoms with Crippen LogP contribution in [0.25, 0.3) is 33.1 Å². The van der Waals surface area contributed by atoms with E-state index < -0.39 is 16.1 Å². The molecule has 1 atom stereocenters. The minimum absolute atomic E-state index is 0.154. The molecule has 0 saturated carbocycles. The van der Waals surface area contributed by atoms with Crippen LogP contribution in [0.1, 0.15) is 18.4 Å². The zero-order valence-electron chi connectivity index (χ0n) is 21.3. The highest BCUT2D eigenvalue weighted by molar-refractivity contribution is 7.90. The maximum atomic E-state index is 13.6. The zero-order chi connectivity index (χ0) is 27.1. The fraction of sp³-hybridized carbons (Fsp3) is 0.207. The van der Waals surface area contributed by atoms with Crippen LogP contribution in [0.15, 0.2) is 84.1 Å². The van der Waals surface area contributed by atoms with Crippen molar-refractivity contribution in [2.24, 2.45) is 0 Å². The summed E-state index contributed by atoms with van der Waals surface area (Å²) in [5.41, 5.74) is 4.69. The van der Waals surface area contributed by atoms with E-state index in [9.17, 15) is 18.3 Å². The summed E-state index contributed by atoms with van der Waals surface area (Å²) in [4.78, 5) is 22.6. The number of aromatic nitrogens is 3. The number of benzene rings is 2. The topological polar surface area (TPSA) is 117 Å². The van der Waals surface area contributed by atoms with Crippen molar-refractivity contribution in [3.05, 3.63) is 84.8 Å². The van der Waals surface area contributed by atoms with Crippen molar-refractivity contribution in [3.8, 4) is 11.1 Å². The number of carbonyl (C=O) groups is 1. The number of rotatable bonds is 5. The normalized spacial score (nSPS) is 16.0. The van der Waals surface area contributed by atoms with E-state index in [1.165, 1.54) is 3.97 Å². The summed E-state index contributed by atoms with van der Waals surface area (Å²) in [5.74, 6) is 0. The van der Waals surface area contributed by atoms with Crippen LogP contribution < -0.4 is 10.2 Å². The Morgan fingerprint density at radius 1 is 1.03 bits per heavy atom. The molecule has 3 aromatic heterocycles. The van der Waals surface area contributed by atoms with Crippen molar-refractivity contribution in [2.75, 3.05) is 18.0 Å². The molecule has 2 aromatic carbocycles. The van der Waals surface area contributed by atoms with E-state index in [-0.39, 0.29) is 10.9 Å². The Morgan fingerprint density at radius 3 is 2.64 bits per heavy atom. The lowest BCUT2D eigenvalue weighted by atomic mass is 10.0. The Labute approximate surface area is 225 Å². The highest BCUT2D eigenvalue weighted by Crippen LogP contribution is 2.36. The van der Waals surface area contributed by atoms with Gasteiger partial charge in [0.05, 0.1) is 10.4 Å². The lowest BCUT2D eigenvalue weighted by Gasteiger charge is -2.34. The smallest absolute Gasteiger partial charge is 0.404 e. The van der Waals surface area contributed by atoms with Gasteiger partial charge in [0, 0.05) is 59.7 Å². The lowest BCUT2D eigenvalue weighted by Crippen LogP contribution is -2.47. The second-order valence-electron chi connectivity index (χ2n) is 9.83. The summed E-state index contributed by atoms with van der Waals surface area (Å²) in [5, 5.41) is 13.4. The molecule has 0 bridgehead atoms. The Morgan fingerprint density at radius 2 is 1.85 bits per heavy atom. The summed E-state index contributed by atoms with van der Waals surface area (Å²) < 4.78 is 28.5. The minimum atomic E-state index is -3.87. The number of fused-ring (bicyclic) bond motifs is 2. The summed E-state index contributed by atoms with van der Waals surface area (Å²) in [6, 6.07) is 18.1. The van der Waals surface area contributed by atoms with Gasteiger partial charge in [0.15, 0.2) is 5.65 Å². The average Bonchev–Trinajstić information content (AvgIpc) is 3.33. The van der Waals surface area contributed by atoms with E-state index in [1.807, 2.05) is 37.3 Å². The Kier molecular flexibility index (Phi) is 6.19. The van der Waals surface area contributed by atoms with Crippen LogP contribution >= 0.6 is 0 Å². The van der Waals surface area contributed by atoms with E-state index in [4.69, 9.17) is 0 Å². The molecule has 1 saturated heterocycles. The molecule has 9 nitrogen and oxygen atoms in total.